The van der Waals surface area contributed by atoms with Gasteiger partial charge in [0.05, 0.1) is 23.6 Å². The summed E-state index contributed by atoms with van der Waals surface area (Å²) in [7, 11) is 0. The van der Waals surface area contributed by atoms with Gasteiger partial charge >= 0.3 is 5.97 Å². The van der Waals surface area contributed by atoms with Crippen LogP contribution in [0.5, 0.6) is 5.75 Å². The number of fused-ring (bicyclic) bond motifs is 1. The second kappa shape index (κ2) is 10.6. The second-order valence-corrected chi connectivity index (χ2v) is 11.3. The van der Waals surface area contributed by atoms with Crippen LogP contribution in [0, 0.1) is 18.3 Å². The summed E-state index contributed by atoms with van der Waals surface area (Å²) in [4.78, 5) is 42.8. The first-order chi connectivity index (χ1) is 18.2. The molecular weight excluding hydrogens is 510 g/mol. The summed E-state index contributed by atoms with van der Waals surface area (Å²) in [6.45, 7) is 5.07. The lowest BCUT2D eigenvalue weighted by Gasteiger charge is -2.45. The summed E-state index contributed by atoms with van der Waals surface area (Å²) in [5, 5.41) is 14.5. The molecule has 1 saturated heterocycles. The van der Waals surface area contributed by atoms with Crippen molar-refractivity contribution in [1.29, 1.82) is 0 Å². The summed E-state index contributed by atoms with van der Waals surface area (Å²) >= 11 is 6.67. The maximum atomic E-state index is 14.2. The first-order valence-corrected chi connectivity index (χ1v) is 13.7. The van der Waals surface area contributed by atoms with E-state index in [2.05, 4.69) is 5.16 Å². The molecule has 0 bridgehead atoms. The number of carboxylic acids is 1. The van der Waals surface area contributed by atoms with Gasteiger partial charge in [-0.1, -0.05) is 29.6 Å². The van der Waals surface area contributed by atoms with Gasteiger partial charge in [-0.05, 0) is 57.2 Å². The molecule has 3 aliphatic rings. The quantitative estimate of drug-likeness (QED) is 0.545. The van der Waals surface area contributed by atoms with Gasteiger partial charge in [0, 0.05) is 42.2 Å². The zero-order valence-electron chi connectivity index (χ0n) is 21.9. The van der Waals surface area contributed by atoms with E-state index in [0.29, 0.717) is 61.8 Å². The number of carbonyl (C=O) groups is 3. The average molecular weight is 544 g/mol. The SMILES string of the molecule is Cc1cnoc1COc1ccc(Cl)c2c1[C@@H](CN1CCCC1=O)N(C(=O)C1CCCCC1(C)C(=O)O)CC2. The van der Waals surface area contributed by atoms with Gasteiger partial charge in [0.1, 0.15) is 12.4 Å². The molecule has 2 fully saturated rings. The zero-order valence-corrected chi connectivity index (χ0v) is 22.6. The summed E-state index contributed by atoms with van der Waals surface area (Å²) in [6.07, 6.45) is 6.00. The molecule has 0 radical (unpaired) electrons. The van der Waals surface area contributed by atoms with Crippen LogP contribution in [0.2, 0.25) is 5.02 Å². The predicted molar refractivity (Wildman–Crippen MR) is 139 cm³/mol. The summed E-state index contributed by atoms with van der Waals surface area (Å²) in [5.74, 6) is -0.517. The van der Waals surface area contributed by atoms with Crippen LogP contribution >= 0.6 is 11.6 Å². The summed E-state index contributed by atoms with van der Waals surface area (Å²) < 4.78 is 11.5. The van der Waals surface area contributed by atoms with Crippen molar-refractivity contribution in [2.75, 3.05) is 19.6 Å². The zero-order chi connectivity index (χ0) is 27.0. The van der Waals surface area contributed by atoms with E-state index in [0.717, 1.165) is 36.0 Å². The molecule has 1 N–H and O–H groups in total. The van der Waals surface area contributed by atoms with Crippen molar-refractivity contribution in [3.63, 3.8) is 0 Å². The van der Waals surface area contributed by atoms with Crippen LogP contribution in [0.1, 0.15) is 73.9 Å². The van der Waals surface area contributed by atoms with Gasteiger partial charge in [0.25, 0.3) is 0 Å². The van der Waals surface area contributed by atoms with Gasteiger partial charge in [-0.2, -0.15) is 0 Å². The molecule has 2 amide bonds. The van der Waals surface area contributed by atoms with Gasteiger partial charge in [0.15, 0.2) is 5.76 Å². The minimum Gasteiger partial charge on any atom is -0.485 e. The number of halogens is 1. The van der Waals surface area contributed by atoms with Gasteiger partial charge in [0.2, 0.25) is 11.8 Å². The van der Waals surface area contributed by atoms with Gasteiger partial charge < -0.3 is 24.2 Å². The Kier molecular flexibility index (Phi) is 7.40. The highest BCUT2D eigenvalue weighted by Crippen LogP contribution is 2.46. The lowest BCUT2D eigenvalue weighted by molar-refractivity contribution is -0.162. The molecule has 3 heterocycles. The number of likely N-dealkylation sites (tertiary alicyclic amines) is 1. The Hall–Kier alpha value is -3.07. The lowest BCUT2D eigenvalue weighted by atomic mass is 9.66. The first kappa shape index (κ1) is 26.5. The van der Waals surface area contributed by atoms with Crippen molar-refractivity contribution in [2.45, 2.75) is 71.4 Å². The highest BCUT2D eigenvalue weighted by Gasteiger charge is 2.50. The third-order valence-corrected chi connectivity index (χ3v) is 8.98. The maximum absolute atomic E-state index is 14.2. The topological polar surface area (TPSA) is 113 Å². The number of hydrogen-bond acceptors (Lipinski definition) is 6. The molecule has 1 saturated carbocycles. The smallest absolute Gasteiger partial charge is 0.310 e. The van der Waals surface area contributed by atoms with E-state index in [1.807, 2.05) is 6.92 Å². The van der Waals surface area contributed by atoms with Crippen molar-refractivity contribution < 1.29 is 28.8 Å². The van der Waals surface area contributed by atoms with Crippen LogP contribution in [-0.4, -0.2) is 57.5 Å². The molecule has 3 atom stereocenters. The van der Waals surface area contributed by atoms with Crippen molar-refractivity contribution in [3.05, 3.63) is 45.8 Å². The Balaban J connectivity index is 1.54. The van der Waals surface area contributed by atoms with Crippen molar-refractivity contribution in [3.8, 4) is 5.75 Å². The van der Waals surface area contributed by atoms with E-state index in [9.17, 15) is 19.5 Å². The molecule has 204 valence electrons. The number of hydrogen-bond donors (Lipinski definition) is 1. The molecule has 2 aliphatic heterocycles. The standard InChI is InChI=1S/C28H34ClN3O6/c1-17-14-30-38-23(17)16-37-22-9-8-20(29)18-10-13-32(21(25(18)22)15-31-12-5-7-24(31)33)26(34)19-6-3-4-11-28(19,2)27(35)36/h8-9,14,19,21H,3-7,10-13,15-16H2,1-2H3,(H,35,36)/t19?,21-,28?/m1/s1. The van der Waals surface area contributed by atoms with Crippen LogP contribution in [0.15, 0.2) is 22.9 Å². The predicted octanol–water partition coefficient (Wildman–Crippen LogP) is 4.54. The normalized spacial score (nSPS) is 25.4. The first-order valence-electron chi connectivity index (χ1n) is 13.4. The fourth-order valence-corrected chi connectivity index (χ4v) is 6.51. The molecule has 1 aromatic heterocycles. The molecular formula is C28H34ClN3O6. The van der Waals surface area contributed by atoms with Crippen molar-refractivity contribution >= 4 is 29.4 Å². The largest absolute Gasteiger partial charge is 0.485 e. The van der Waals surface area contributed by atoms with E-state index < -0.39 is 23.3 Å². The minimum absolute atomic E-state index is 0.0549. The number of carbonyl (C=O) groups excluding carboxylic acids is 2. The Morgan fingerprint density at radius 2 is 2.05 bits per heavy atom. The van der Waals surface area contributed by atoms with E-state index in [-0.39, 0.29) is 18.4 Å². The number of amides is 2. The highest BCUT2D eigenvalue weighted by molar-refractivity contribution is 6.31. The van der Waals surface area contributed by atoms with E-state index in [1.165, 1.54) is 0 Å². The molecule has 9 nitrogen and oxygen atoms in total. The number of carboxylic acid groups (broad SMARTS) is 1. The molecule has 5 rings (SSSR count). The molecule has 38 heavy (non-hydrogen) atoms. The fourth-order valence-electron chi connectivity index (χ4n) is 6.25. The van der Waals surface area contributed by atoms with Crippen LogP contribution < -0.4 is 4.74 Å². The van der Waals surface area contributed by atoms with Crippen LogP contribution in [0.3, 0.4) is 0 Å². The summed E-state index contributed by atoms with van der Waals surface area (Å²) in [6, 6.07) is 3.08. The Bertz CT molecular complexity index is 1250. The molecule has 2 aromatic rings. The lowest BCUT2D eigenvalue weighted by Crippen LogP contribution is -2.52. The van der Waals surface area contributed by atoms with E-state index in [1.54, 1.807) is 35.1 Å². The van der Waals surface area contributed by atoms with Gasteiger partial charge in [-0.3, -0.25) is 14.4 Å². The fraction of sp³-hybridized carbons (Fsp3) is 0.571. The maximum Gasteiger partial charge on any atom is 0.310 e. The Morgan fingerprint density at radius 3 is 2.74 bits per heavy atom. The number of nitrogens with zero attached hydrogens (tertiary/aromatic N) is 3. The van der Waals surface area contributed by atoms with Crippen molar-refractivity contribution in [1.82, 2.24) is 15.0 Å². The van der Waals surface area contributed by atoms with Gasteiger partial charge in [-0.15, -0.1) is 0 Å². The van der Waals surface area contributed by atoms with Crippen molar-refractivity contribution in [2.24, 2.45) is 11.3 Å². The minimum atomic E-state index is -1.12. The number of ether oxygens (including phenoxy) is 1. The molecule has 1 aliphatic carbocycles. The van der Waals surface area contributed by atoms with Crippen LogP contribution in [0.4, 0.5) is 0 Å². The third-order valence-electron chi connectivity index (χ3n) is 8.62. The summed E-state index contributed by atoms with van der Waals surface area (Å²) in [5.41, 5.74) is 1.42. The monoisotopic (exact) mass is 543 g/mol. The highest BCUT2D eigenvalue weighted by atomic mass is 35.5. The van der Waals surface area contributed by atoms with E-state index in [4.69, 9.17) is 20.9 Å². The average Bonchev–Trinajstić information content (AvgIpc) is 3.50. The molecule has 2 unspecified atom stereocenters. The molecule has 0 spiro atoms. The Labute approximate surface area is 227 Å². The number of aliphatic carboxylic acids is 1. The number of aryl methyl sites for hydroxylation is 1. The Morgan fingerprint density at radius 1 is 1.24 bits per heavy atom. The van der Waals surface area contributed by atoms with Crippen LogP contribution in [0.25, 0.3) is 0 Å². The van der Waals surface area contributed by atoms with Gasteiger partial charge in [-0.25, -0.2) is 0 Å². The third kappa shape index (κ3) is 4.77. The number of rotatable bonds is 7. The molecule has 10 heteroatoms. The number of benzene rings is 1. The number of aromatic nitrogens is 1. The second-order valence-electron chi connectivity index (χ2n) is 10.9. The van der Waals surface area contributed by atoms with Crippen LogP contribution in [-0.2, 0) is 27.4 Å². The van der Waals surface area contributed by atoms with E-state index >= 15 is 0 Å². The molecule has 1 aromatic carbocycles.